The van der Waals surface area contributed by atoms with Crippen LogP contribution in [-0.2, 0) is 13.6 Å². The molecule has 0 fully saturated rings. The van der Waals surface area contributed by atoms with Crippen LogP contribution in [0.2, 0.25) is 0 Å². The number of carbonyl (C=O) groups is 1. The van der Waals surface area contributed by atoms with Gasteiger partial charge in [-0.25, -0.2) is 4.98 Å². The van der Waals surface area contributed by atoms with E-state index in [1.165, 1.54) is 6.20 Å². The molecule has 0 saturated carbocycles. The second-order valence-electron chi connectivity index (χ2n) is 4.50. The summed E-state index contributed by atoms with van der Waals surface area (Å²) in [5.74, 6) is 5.90. The number of aromatic nitrogens is 3. The van der Waals surface area contributed by atoms with Crippen molar-refractivity contribution in [2.75, 3.05) is 13.7 Å². The lowest BCUT2D eigenvalue weighted by atomic mass is 10.1. The zero-order valence-electron chi connectivity index (χ0n) is 11.9. The first-order chi connectivity index (χ1) is 10.1. The molecule has 0 spiro atoms. The molecular formula is C15H16N4O2. The number of hydrogen-bond acceptors (Lipinski definition) is 4. The largest absolute Gasteiger partial charge is 0.384 e. The standard InChI is InChI=1S/C15H16N4O2/c1-18-8-7-17-14(18)11-19(2)15(21)13-5-6-16-10-12(13)4-3-9-20/h5-8,10,20H,9,11H2,1-2H3. The van der Waals surface area contributed by atoms with E-state index >= 15 is 0 Å². The van der Waals surface area contributed by atoms with Gasteiger partial charge in [-0.3, -0.25) is 9.78 Å². The highest BCUT2D eigenvalue weighted by molar-refractivity contribution is 5.96. The van der Waals surface area contributed by atoms with Crippen molar-refractivity contribution < 1.29 is 9.90 Å². The average Bonchev–Trinajstić information content (AvgIpc) is 2.90. The van der Waals surface area contributed by atoms with E-state index in [1.807, 2.05) is 17.8 Å². The summed E-state index contributed by atoms with van der Waals surface area (Å²) in [4.78, 5) is 22.2. The van der Waals surface area contributed by atoms with Crippen molar-refractivity contribution in [2.45, 2.75) is 6.54 Å². The lowest BCUT2D eigenvalue weighted by Gasteiger charge is -2.17. The fourth-order valence-corrected chi connectivity index (χ4v) is 1.85. The maximum absolute atomic E-state index is 12.5. The number of carbonyl (C=O) groups excluding carboxylic acids is 1. The third kappa shape index (κ3) is 3.46. The first kappa shape index (κ1) is 14.8. The average molecular weight is 284 g/mol. The molecule has 6 heteroatoms. The monoisotopic (exact) mass is 284 g/mol. The van der Waals surface area contributed by atoms with Gasteiger partial charge in [0.1, 0.15) is 12.4 Å². The van der Waals surface area contributed by atoms with Crippen LogP contribution in [0.15, 0.2) is 30.9 Å². The Kier molecular flexibility index (Phi) is 4.69. The topological polar surface area (TPSA) is 71.2 Å². The van der Waals surface area contributed by atoms with E-state index in [0.717, 1.165) is 5.82 Å². The van der Waals surface area contributed by atoms with Gasteiger partial charge < -0.3 is 14.6 Å². The van der Waals surface area contributed by atoms with E-state index in [0.29, 0.717) is 17.7 Å². The summed E-state index contributed by atoms with van der Waals surface area (Å²) in [7, 11) is 3.59. The maximum Gasteiger partial charge on any atom is 0.255 e. The zero-order valence-corrected chi connectivity index (χ0v) is 11.9. The number of rotatable bonds is 3. The van der Waals surface area contributed by atoms with Gasteiger partial charge in [0.2, 0.25) is 0 Å². The van der Waals surface area contributed by atoms with Gasteiger partial charge in [-0.05, 0) is 6.07 Å². The van der Waals surface area contributed by atoms with Gasteiger partial charge in [-0.15, -0.1) is 0 Å². The van der Waals surface area contributed by atoms with Crippen LogP contribution in [0.4, 0.5) is 0 Å². The van der Waals surface area contributed by atoms with Gasteiger partial charge in [0.25, 0.3) is 5.91 Å². The highest BCUT2D eigenvalue weighted by Crippen LogP contribution is 2.10. The van der Waals surface area contributed by atoms with Crippen LogP contribution in [-0.4, -0.2) is 44.1 Å². The molecule has 0 radical (unpaired) electrons. The summed E-state index contributed by atoms with van der Waals surface area (Å²) < 4.78 is 1.86. The highest BCUT2D eigenvalue weighted by atomic mass is 16.2. The molecule has 0 aliphatic heterocycles. The van der Waals surface area contributed by atoms with Crippen molar-refractivity contribution in [3.8, 4) is 11.8 Å². The number of imidazole rings is 1. The van der Waals surface area contributed by atoms with Crippen LogP contribution in [0.25, 0.3) is 0 Å². The van der Waals surface area contributed by atoms with Crippen molar-refractivity contribution in [2.24, 2.45) is 7.05 Å². The molecule has 2 heterocycles. The summed E-state index contributed by atoms with van der Waals surface area (Å²) in [6.07, 6.45) is 6.59. The number of nitrogens with zero attached hydrogens (tertiary/aromatic N) is 4. The molecule has 0 atom stereocenters. The van der Waals surface area contributed by atoms with Crippen molar-refractivity contribution in [3.05, 3.63) is 47.8 Å². The van der Waals surface area contributed by atoms with Crippen molar-refractivity contribution in [1.82, 2.24) is 19.4 Å². The van der Waals surface area contributed by atoms with Crippen molar-refractivity contribution >= 4 is 5.91 Å². The zero-order chi connectivity index (χ0) is 15.2. The summed E-state index contributed by atoms with van der Waals surface area (Å²) in [6, 6.07) is 1.62. The van der Waals surface area contributed by atoms with Crippen molar-refractivity contribution in [3.63, 3.8) is 0 Å². The lowest BCUT2D eigenvalue weighted by molar-refractivity contribution is 0.0780. The predicted molar refractivity (Wildman–Crippen MR) is 77.2 cm³/mol. The Morgan fingerprint density at radius 2 is 2.29 bits per heavy atom. The summed E-state index contributed by atoms with van der Waals surface area (Å²) >= 11 is 0. The molecule has 0 aliphatic rings. The quantitative estimate of drug-likeness (QED) is 0.830. The van der Waals surface area contributed by atoms with E-state index in [4.69, 9.17) is 5.11 Å². The Labute approximate surface area is 123 Å². The Morgan fingerprint density at radius 3 is 2.95 bits per heavy atom. The molecule has 2 aromatic rings. The summed E-state index contributed by atoms with van der Waals surface area (Å²) in [5.41, 5.74) is 0.964. The van der Waals surface area contributed by atoms with E-state index in [1.54, 1.807) is 30.4 Å². The third-order valence-corrected chi connectivity index (χ3v) is 3.00. The van der Waals surface area contributed by atoms with Gasteiger partial charge in [0.05, 0.1) is 17.7 Å². The smallest absolute Gasteiger partial charge is 0.255 e. The van der Waals surface area contributed by atoms with Crippen molar-refractivity contribution in [1.29, 1.82) is 0 Å². The Hall–Kier alpha value is -2.65. The molecule has 21 heavy (non-hydrogen) atoms. The molecule has 0 bridgehead atoms. The van der Waals surface area contributed by atoms with Gasteiger partial charge in [0.15, 0.2) is 0 Å². The van der Waals surface area contributed by atoms with Gasteiger partial charge >= 0.3 is 0 Å². The fraction of sp³-hybridized carbons (Fsp3) is 0.267. The number of aliphatic hydroxyl groups excluding tert-OH is 1. The van der Waals surface area contributed by atoms with Crippen LogP contribution in [0.5, 0.6) is 0 Å². The van der Waals surface area contributed by atoms with Crippen LogP contribution in [0.3, 0.4) is 0 Å². The molecule has 6 nitrogen and oxygen atoms in total. The van der Waals surface area contributed by atoms with Gasteiger partial charge in [-0.1, -0.05) is 11.8 Å². The Balaban J connectivity index is 2.21. The minimum atomic E-state index is -0.258. The van der Waals surface area contributed by atoms with Crippen LogP contribution in [0, 0.1) is 11.8 Å². The minimum absolute atomic E-state index is 0.164. The lowest BCUT2D eigenvalue weighted by Crippen LogP contribution is -2.28. The predicted octanol–water partition coefficient (Wildman–Crippen LogP) is 0.431. The molecule has 108 valence electrons. The van der Waals surface area contributed by atoms with E-state index in [-0.39, 0.29) is 12.5 Å². The first-order valence-corrected chi connectivity index (χ1v) is 6.39. The molecule has 1 amide bonds. The second kappa shape index (κ2) is 6.68. The Bertz CT molecular complexity index is 697. The van der Waals surface area contributed by atoms with Gasteiger partial charge in [0, 0.05) is 38.9 Å². The number of pyridine rings is 1. The molecule has 2 aromatic heterocycles. The Morgan fingerprint density at radius 1 is 1.48 bits per heavy atom. The summed E-state index contributed by atoms with van der Waals surface area (Å²) in [6.45, 7) is 0.142. The normalized spacial score (nSPS) is 9.86. The molecule has 0 aliphatic carbocycles. The van der Waals surface area contributed by atoms with Crippen LogP contribution in [0.1, 0.15) is 21.7 Å². The number of hydrogen-bond donors (Lipinski definition) is 1. The van der Waals surface area contributed by atoms with Gasteiger partial charge in [-0.2, -0.15) is 0 Å². The fourth-order valence-electron chi connectivity index (χ4n) is 1.85. The van der Waals surface area contributed by atoms with Crippen LogP contribution < -0.4 is 0 Å². The number of aryl methyl sites for hydroxylation is 1. The van der Waals surface area contributed by atoms with E-state index in [9.17, 15) is 4.79 Å². The molecule has 2 rings (SSSR count). The molecule has 0 unspecified atom stereocenters. The highest BCUT2D eigenvalue weighted by Gasteiger charge is 2.16. The summed E-state index contributed by atoms with van der Waals surface area (Å²) in [5, 5.41) is 8.77. The maximum atomic E-state index is 12.5. The second-order valence-corrected chi connectivity index (χ2v) is 4.50. The van der Waals surface area contributed by atoms with Crippen LogP contribution >= 0.6 is 0 Å². The molecule has 0 saturated heterocycles. The van der Waals surface area contributed by atoms with E-state index in [2.05, 4.69) is 21.8 Å². The molecule has 0 aromatic carbocycles. The number of amides is 1. The molecular weight excluding hydrogens is 268 g/mol. The number of aliphatic hydroxyl groups is 1. The van der Waals surface area contributed by atoms with E-state index < -0.39 is 0 Å². The first-order valence-electron chi connectivity index (χ1n) is 6.39. The third-order valence-electron chi connectivity index (χ3n) is 3.00. The SMILES string of the molecule is CN(Cc1nccn1C)C(=O)c1ccncc1C#CCO. The minimum Gasteiger partial charge on any atom is -0.384 e. The molecule has 1 N–H and O–H groups in total.